The number of piperidine rings is 1. The van der Waals surface area contributed by atoms with Crippen LogP contribution >= 0.6 is 11.6 Å². The first-order chi connectivity index (χ1) is 28.0. The zero-order valence-electron chi connectivity index (χ0n) is 34.0. The van der Waals surface area contributed by atoms with Gasteiger partial charge in [-0.05, 0) is 67.4 Å². The van der Waals surface area contributed by atoms with Gasteiger partial charge in [0.1, 0.15) is 35.8 Å². The Morgan fingerprint density at radius 2 is 1.56 bits per heavy atom. The van der Waals surface area contributed by atoms with Crippen LogP contribution in [0.15, 0.2) is 60.7 Å². The number of halogens is 1. The lowest BCUT2D eigenvalue weighted by Crippen LogP contribution is -2.74. The highest BCUT2D eigenvalue weighted by Gasteiger charge is 2.64. The molecule has 0 spiro atoms. The highest BCUT2D eigenvalue weighted by molar-refractivity contribution is 6.31. The maximum atomic E-state index is 13.5. The number of nitrogens with zero attached hydrogens (tertiary/aromatic N) is 5. The standard InChI is InChI=1S/C44H50ClN7O7/c1-42(2)40(43(3,4)41(42)59-30-12-8-27(22-46)33(45)21-30)48-36(54)26-6-9-28(10-7-26)50-18-16-49(17-19-50)23-44(58-5)24-51(25-44)29-11-13-31-32(20-29)39(57)52(38(31)56)34-14-15-35(53)47-37(34)55/h6-13,20-21,34-35,40-41,53H,14-19,23-25H2,1-5H3,(H,47,55)(H,48,54)/t34?,35?,40-,41-. The predicted molar refractivity (Wildman–Crippen MR) is 221 cm³/mol. The average Bonchev–Trinajstić information content (AvgIpc) is 3.45. The highest BCUT2D eigenvalue weighted by atomic mass is 35.5. The third-order valence-corrected chi connectivity index (χ3v) is 13.4. The van der Waals surface area contributed by atoms with Crippen molar-refractivity contribution in [1.29, 1.82) is 5.26 Å². The maximum absolute atomic E-state index is 13.5. The zero-order chi connectivity index (χ0) is 42.0. The van der Waals surface area contributed by atoms with Crippen LogP contribution in [-0.2, 0) is 9.53 Å². The van der Waals surface area contributed by atoms with Crippen molar-refractivity contribution < 1.29 is 33.8 Å². The topological polar surface area (TPSA) is 168 Å². The molecule has 8 rings (SSSR count). The molecular formula is C44H50ClN7O7. The number of benzene rings is 3. The number of nitriles is 1. The second-order valence-corrected chi connectivity index (χ2v) is 18.1. The summed E-state index contributed by atoms with van der Waals surface area (Å²) in [5, 5.41) is 25.0. The predicted octanol–water partition coefficient (Wildman–Crippen LogP) is 4.04. The van der Waals surface area contributed by atoms with Crippen LogP contribution in [0.1, 0.15) is 77.2 Å². The molecule has 3 N–H and O–H groups in total. The molecular weight excluding hydrogens is 774 g/mol. The van der Waals surface area contributed by atoms with E-state index in [-0.39, 0.29) is 52.9 Å². The molecule has 2 atom stereocenters. The van der Waals surface area contributed by atoms with E-state index in [0.29, 0.717) is 35.0 Å². The molecule has 15 heteroatoms. The number of aliphatic hydroxyl groups excluding tert-OH is 1. The van der Waals surface area contributed by atoms with Crippen molar-refractivity contribution in [2.75, 3.05) is 62.7 Å². The number of ether oxygens (including phenoxy) is 2. The van der Waals surface area contributed by atoms with Crippen LogP contribution < -0.4 is 25.2 Å². The quantitative estimate of drug-likeness (QED) is 0.253. The average molecular weight is 824 g/mol. The Labute approximate surface area is 349 Å². The van der Waals surface area contributed by atoms with Crippen molar-refractivity contribution in [3.63, 3.8) is 0 Å². The molecule has 0 bridgehead atoms. The van der Waals surface area contributed by atoms with Gasteiger partial charge < -0.3 is 35.0 Å². The molecule has 5 aliphatic rings. The third kappa shape index (κ3) is 7.18. The molecule has 14 nitrogen and oxygen atoms in total. The molecule has 4 aliphatic heterocycles. The van der Waals surface area contributed by atoms with E-state index in [0.717, 1.165) is 49.0 Å². The van der Waals surface area contributed by atoms with Crippen molar-refractivity contribution >= 4 is 46.6 Å². The van der Waals surface area contributed by atoms with Gasteiger partial charge >= 0.3 is 0 Å². The fourth-order valence-corrected chi connectivity index (χ4v) is 10.3. The summed E-state index contributed by atoms with van der Waals surface area (Å²) in [5.41, 5.74) is 2.29. The van der Waals surface area contributed by atoms with Gasteiger partial charge in [-0.3, -0.25) is 29.0 Å². The Bertz CT molecular complexity index is 2210. The van der Waals surface area contributed by atoms with Gasteiger partial charge in [-0.15, -0.1) is 0 Å². The van der Waals surface area contributed by atoms with Crippen LogP contribution in [0, 0.1) is 22.2 Å². The fourth-order valence-electron chi connectivity index (χ4n) is 10.1. The second-order valence-electron chi connectivity index (χ2n) is 17.7. The summed E-state index contributed by atoms with van der Waals surface area (Å²) in [6.07, 6.45) is -0.690. The molecule has 4 heterocycles. The number of piperazine rings is 1. The molecule has 310 valence electrons. The van der Waals surface area contributed by atoms with Crippen molar-refractivity contribution in [2.24, 2.45) is 10.8 Å². The molecule has 0 aromatic heterocycles. The minimum Gasteiger partial charge on any atom is -0.489 e. The monoisotopic (exact) mass is 823 g/mol. The lowest BCUT2D eigenvalue weighted by molar-refractivity contribution is -0.164. The number of aliphatic hydroxyl groups is 1. The Hall–Kier alpha value is -5.20. The zero-order valence-corrected chi connectivity index (χ0v) is 34.7. The Morgan fingerprint density at radius 3 is 2.19 bits per heavy atom. The number of anilines is 2. The van der Waals surface area contributed by atoms with E-state index in [1.807, 2.05) is 30.3 Å². The first-order valence-electron chi connectivity index (χ1n) is 20.1. The molecule has 3 aromatic rings. The number of amides is 4. The molecule has 0 radical (unpaired) electrons. The summed E-state index contributed by atoms with van der Waals surface area (Å²) in [5.74, 6) is -1.06. The van der Waals surface area contributed by atoms with Gasteiger partial charge in [0.05, 0.1) is 34.8 Å². The number of fused-ring (bicyclic) bond motifs is 1. The van der Waals surface area contributed by atoms with Gasteiger partial charge in [-0.25, -0.2) is 0 Å². The summed E-state index contributed by atoms with van der Waals surface area (Å²) in [7, 11) is 1.73. The van der Waals surface area contributed by atoms with Gasteiger partial charge in [0.25, 0.3) is 17.7 Å². The molecule has 1 aliphatic carbocycles. The van der Waals surface area contributed by atoms with Crippen molar-refractivity contribution in [2.45, 2.75) is 70.6 Å². The van der Waals surface area contributed by atoms with Crippen molar-refractivity contribution in [3.8, 4) is 11.8 Å². The van der Waals surface area contributed by atoms with E-state index in [1.54, 1.807) is 37.4 Å². The Kier molecular flexibility index (Phi) is 10.4. The van der Waals surface area contributed by atoms with Gasteiger partial charge in [0, 0.05) is 79.7 Å². The second kappa shape index (κ2) is 15.1. The molecule has 4 fully saturated rings. The number of carbonyl (C=O) groups excluding carboxylic acids is 4. The van der Waals surface area contributed by atoms with E-state index in [2.05, 4.69) is 59.1 Å². The molecule has 3 saturated heterocycles. The molecule has 59 heavy (non-hydrogen) atoms. The van der Waals surface area contributed by atoms with Crippen LogP contribution in [-0.4, -0.2) is 121 Å². The van der Waals surface area contributed by atoms with Gasteiger partial charge in [0.2, 0.25) is 5.91 Å². The first-order valence-corrected chi connectivity index (χ1v) is 20.5. The Morgan fingerprint density at radius 1 is 0.898 bits per heavy atom. The highest BCUT2D eigenvalue weighted by Crippen LogP contribution is 2.55. The summed E-state index contributed by atoms with van der Waals surface area (Å²) in [4.78, 5) is 60.5. The van der Waals surface area contributed by atoms with E-state index in [4.69, 9.17) is 21.1 Å². The number of methoxy groups -OCH3 is 1. The number of imide groups is 1. The maximum Gasteiger partial charge on any atom is 0.262 e. The summed E-state index contributed by atoms with van der Waals surface area (Å²) in [6.45, 7) is 13.6. The number of rotatable bonds is 10. The van der Waals surface area contributed by atoms with Crippen LogP contribution in [0.5, 0.6) is 5.75 Å². The summed E-state index contributed by atoms with van der Waals surface area (Å²) < 4.78 is 12.5. The van der Waals surface area contributed by atoms with Gasteiger partial charge in [0.15, 0.2) is 0 Å². The third-order valence-electron chi connectivity index (χ3n) is 13.1. The minimum atomic E-state index is -0.975. The van der Waals surface area contributed by atoms with Crippen LogP contribution in [0.25, 0.3) is 0 Å². The SMILES string of the molecule is COC1(CN2CCN(c3ccc(C(=O)N[C@H]4C(C)(C)[C@H](Oc5ccc(C#N)c(Cl)c5)C4(C)C)cc3)CC2)CN(c2ccc3c(c2)C(=O)N(C2CCC(O)NC2=O)C3=O)C1. The molecule has 3 aromatic carbocycles. The van der Waals surface area contributed by atoms with E-state index in [1.165, 1.54) is 0 Å². The van der Waals surface area contributed by atoms with Crippen molar-refractivity contribution in [3.05, 3.63) is 87.9 Å². The van der Waals surface area contributed by atoms with Crippen LogP contribution in [0.2, 0.25) is 5.02 Å². The largest absolute Gasteiger partial charge is 0.489 e. The number of carbonyl (C=O) groups is 4. The lowest BCUT2D eigenvalue weighted by atomic mass is 9.49. The van der Waals surface area contributed by atoms with E-state index < -0.39 is 35.6 Å². The lowest BCUT2D eigenvalue weighted by Gasteiger charge is -2.63. The number of nitrogens with one attached hydrogen (secondary N) is 2. The smallest absolute Gasteiger partial charge is 0.262 e. The summed E-state index contributed by atoms with van der Waals surface area (Å²) in [6, 6.07) is 19.0. The molecule has 1 saturated carbocycles. The van der Waals surface area contributed by atoms with E-state index in [9.17, 15) is 29.5 Å². The fraction of sp³-hybridized carbons (Fsp3) is 0.477. The van der Waals surface area contributed by atoms with Crippen molar-refractivity contribution in [1.82, 2.24) is 20.4 Å². The number of hydrogen-bond acceptors (Lipinski definition) is 11. The van der Waals surface area contributed by atoms with Gasteiger partial charge in [-0.2, -0.15) is 5.26 Å². The van der Waals surface area contributed by atoms with Crippen LogP contribution in [0.4, 0.5) is 11.4 Å². The summed E-state index contributed by atoms with van der Waals surface area (Å²) >= 11 is 6.25. The van der Waals surface area contributed by atoms with Gasteiger partial charge in [-0.1, -0.05) is 39.3 Å². The normalized spacial score (nSPS) is 25.7. The van der Waals surface area contributed by atoms with E-state index >= 15 is 0 Å². The number of hydrogen-bond donors (Lipinski definition) is 3. The Balaban J connectivity index is 0.821. The van der Waals surface area contributed by atoms with Crippen LogP contribution in [0.3, 0.4) is 0 Å². The first kappa shape index (κ1) is 40.6. The molecule has 2 unspecified atom stereocenters. The minimum absolute atomic E-state index is 0.135. The molecule has 4 amide bonds.